The van der Waals surface area contributed by atoms with Gasteiger partial charge in [0, 0.05) is 27.9 Å². The second-order valence-electron chi connectivity index (χ2n) is 10.5. The third kappa shape index (κ3) is 4.84. The fourth-order valence-electron chi connectivity index (χ4n) is 6.11. The van der Waals surface area contributed by atoms with Gasteiger partial charge in [0.25, 0.3) is 0 Å². The van der Waals surface area contributed by atoms with Crippen molar-refractivity contribution in [3.8, 4) is 5.75 Å². The molecule has 0 spiro atoms. The molecule has 40 heavy (non-hydrogen) atoms. The molecule has 3 nitrogen and oxygen atoms in total. The SMILES string of the molecule is Brc1ccc(OCc2cccc3ccccc23)c(C=Nc2ccc([C@@H]3Nc4ccccc4[C@@H]4C=CC[C@H]43)cc2)c1. The molecule has 0 saturated heterocycles. The molecule has 1 N–H and O–H groups in total. The number of anilines is 1. The minimum absolute atomic E-state index is 0.284. The number of rotatable bonds is 6. The third-order valence-electron chi connectivity index (χ3n) is 8.11. The van der Waals surface area contributed by atoms with Gasteiger partial charge in [-0.25, -0.2) is 0 Å². The highest BCUT2D eigenvalue weighted by atomic mass is 79.9. The Kier molecular flexibility index (Phi) is 6.70. The number of nitrogens with one attached hydrogen (secondary N) is 1. The van der Waals surface area contributed by atoms with Gasteiger partial charge in [0.15, 0.2) is 0 Å². The van der Waals surface area contributed by atoms with Gasteiger partial charge < -0.3 is 10.1 Å². The van der Waals surface area contributed by atoms with Gasteiger partial charge in [-0.1, -0.05) is 101 Å². The number of benzene rings is 5. The van der Waals surface area contributed by atoms with Gasteiger partial charge in [-0.05, 0) is 76.2 Å². The zero-order valence-electron chi connectivity index (χ0n) is 22.0. The number of fused-ring (bicyclic) bond motifs is 4. The topological polar surface area (TPSA) is 33.6 Å². The molecule has 0 saturated carbocycles. The summed E-state index contributed by atoms with van der Waals surface area (Å²) >= 11 is 3.61. The van der Waals surface area contributed by atoms with Gasteiger partial charge in [-0.2, -0.15) is 0 Å². The van der Waals surface area contributed by atoms with Crippen LogP contribution in [-0.4, -0.2) is 6.21 Å². The Morgan fingerprint density at radius 2 is 1.70 bits per heavy atom. The number of hydrogen-bond acceptors (Lipinski definition) is 3. The van der Waals surface area contributed by atoms with Crippen LogP contribution in [0, 0.1) is 5.92 Å². The predicted molar refractivity (Wildman–Crippen MR) is 169 cm³/mol. The van der Waals surface area contributed by atoms with Crippen molar-refractivity contribution in [2.45, 2.75) is 25.0 Å². The first-order chi connectivity index (χ1) is 19.7. The molecule has 5 aromatic carbocycles. The van der Waals surface area contributed by atoms with Crippen molar-refractivity contribution in [3.05, 3.63) is 148 Å². The molecule has 0 bridgehead atoms. The molecular weight excluding hydrogens is 556 g/mol. The van der Waals surface area contributed by atoms with Crippen LogP contribution in [0.15, 0.2) is 131 Å². The van der Waals surface area contributed by atoms with Crippen molar-refractivity contribution >= 4 is 44.3 Å². The van der Waals surface area contributed by atoms with E-state index in [-0.39, 0.29) is 6.04 Å². The van der Waals surface area contributed by atoms with Crippen LogP contribution in [0.3, 0.4) is 0 Å². The van der Waals surface area contributed by atoms with Crippen LogP contribution in [0.2, 0.25) is 0 Å². The van der Waals surface area contributed by atoms with Crippen LogP contribution < -0.4 is 10.1 Å². The van der Waals surface area contributed by atoms with Crippen molar-refractivity contribution in [1.82, 2.24) is 0 Å². The summed E-state index contributed by atoms with van der Waals surface area (Å²) in [6.07, 6.45) is 7.71. The van der Waals surface area contributed by atoms with E-state index in [1.165, 1.54) is 27.6 Å². The zero-order chi connectivity index (χ0) is 26.9. The maximum atomic E-state index is 6.32. The molecule has 1 aliphatic heterocycles. The molecule has 0 radical (unpaired) electrons. The first kappa shape index (κ1) is 24.9. The fraction of sp³-hybridized carbons (Fsp3) is 0.139. The van der Waals surface area contributed by atoms with Crippen LogP contribution in [0.5, 0.6) is 5.75 Å². The summed E-state index contributed by atoms with van der Waals surface area (Å²) in [6.45, 7) is 0.493. The van der Waals surface area contributed by atoms with E-state index in [1.807, 2.05) is 24.4 Å². The van der Waals surface area contributed by atoms with Crippen LogP contribution in [0.1, 0.15) is 40.6 Å². The third-order valence-corrected chi connectivity index (χ3v) is 8.61. The van der Waals surface area contributed by atoms with Crippen LogP contribution in [0.25, 0.3) is 10.8 Å². The highest BCUT2D eigenvalue weighted by Crippen LogP contribution is 2.49. The van der Waals surface area contributed by atoms with Crippen LogP contribution in [0.4, 0.5) is 11.4 Å². The van der Waals surface area contributed by atoms with Crippen molar-refractivity contribution in [3.63, 3.8) is 0 Å². The van der Waals surface area contributed by atoms with E-state index in [1.54, 1.807) is 0 Å². The first-order valence-electron chi connectivity index (χ1n) is 13.8. The molecule has 0 aromatic heterocycles. The average Bonchev–Trinajstić information content (AvgIpc) is 3.50. The normalized spacial score (nSPS) is 19.4. The molecule has 7 rings (SSSR count). The number of ether oxygens (including phenoxy) is 1. The van der Waals surface area contributed by atoms with Crippen LogP contribution in [-0.2, 0) is 6.61 Å². The lowest BCUT2D eigenvalue weighted by atomic mass is 9.77. The highest BCUT2D eigenvalue weighted by molar-refractivity contribution is 9.10. The van der Waals surface area contributed by atoms with Crippen molar-refractivity contribution < 1.29 is 4.74 Å². The largest absolute Gasteiger partial charge is 0.488 e. The highest BCUT2D eigenvalue weighted by Gasteiger charge is 2.37. The summed E-state index contributed by atoms with van der Waals surface area (Å²) in [4.78, 5) is 4.81. The molecule has 1 aliphatic carbocycles. The van der Waals surface area contributed by atoms with Crippen molar-refractivity contribution in [1.29, 1.82) is 0 Å². The molecule has 0 fully saturated rings. The number of halogens is 1. The molecule has 4 heteroatoms. The summed E-state index contributed by atoms with van der Waals surface area (Å²) in [5, 5.41) is 6.25. The maximum Gasteiger partial charge on any atom is 0.128 e. The van der Waals surface area contributed by atoms with E-state index in [0.29, 0.717) is 18.4 Å². The molecule has 1 heterocycles. The second-order valence-corrected chi connectivity index (χ2v) is 11.4. The van der Waals surface area contributed by atoms with E-state index in [9.17, 15) is 0 Å². The smallest absolute Gasteiger partial charge is 0.128 e. The Balaban J connectivity index is 1.09. The lowest BCUT2D eigenvalue weighted by Gasteiger charge is -2.37. The fourth-order valence-corrected chi connectivity index (χ4v) is 6.49. The van der Waals surface area contributed by atoms with Gasteiger partial charge in [-0.15, -0.1) is 0 Å². The first-order valence-corrected chi connectivity index (χ1v) is 14.6. The number of hydrogen-bond donors (Lipinski definition) is 1. The Morgan fingerprint density at radius 3 is 2.62 bits per heavy atom. The Labute approximate surface area is 243 Å². The Morgan fingerprint density at radius 1 is 0.875 bits per heavy atom. The van der Waals surface area contributed by atoms with Crippen molar-refractivity contribution in [2.75, 3.05) is 5.32 Å². The summed E-state index contributed by atoms with van der Waals surface area (Å²) in [7, 11) is 0. The van der Waals surface area contributed by atoms with Crippen molar-refractivity contribution in [2.24, 2.45) is 10.9 Å². The molecule has 0 amide bonds. The maximum absolute atomic E-state index is 6.32. The van der Waals surface area contributed by atoms with Gasteiger partial charge in [0.2, 0.25) is 0 Å². The second kappa shape index (κ2) is 10.8. The molecule has 3 atom stereocenters. The molecule has 5 aromatic rings. The molecule has 0 unspecified atom stereocenters. The van der Waals surface area contributed by atoms with E-state index >= 15 is 0 Å². The summed E-state index contributed by atoms with van der Waals surface area (Å²) in [5.41, 5.74) is 6.97. The predicted octanol–water partition coefficient (Wildman–Crippen LogP) is 9.76. The van der Waals surface area contributed by atoms with Gasteiger partial charge in [-0.3, -0.25) is 4.99 Å². The van der Waals surface area contributed by atoms with Gasteiger partial charge in [0.05, 0.1) is 11.7 Å². The Bertz CT molecular complexity index is 1740. The summed E-state index contributed by atoms with van der Waals surface area (Å²) < 4.78 is 7.31. The van der Waals surface area contributed by atoms with E-state index < -0.39 is 0 Å². The van der Waals surface area contributed by atoms with E-state index in [4.69, 9.17) is 9.73 Å². The van der Waals surface area contributed by atoms with Gasteiger partial charge in [0.1, 0.15) is 12.4 Å². The quantitative estimate of drug-likeness (QED) is 0.159. The van der Waals surface area contributed by atoms with Crippen LogP contribution >= 0.6 is 15.9 Å². The molecule has 196 valence electrons. The molecule has 2 aliphatic rings. The lowest BCUT2D eigenvalue weighted by molar-refractivity contribution is 0.307. The standard InChI is InChI=1S/C36H29BrN2O/c37-28-17-20-35(40-23-26-9-5-8-24-7-1-2-10-30(24)26)27(21-28)22-38-29-18-15-25(16-19-29)36-33-13-6-12-31(33)32-11-3-4-14-34(32)39-36/h1-12,14-22,31,33,36,39H,13,23H2/t31-,33+,36-/m0/s1. The van der Waals surface area contributed by atoms with Gasteiger partial charge >= 0.3 is 0 Å². The number of aliphatic imine (C=N–C) groups is 1. The summed E-state index contributed by atoms with van der Waals surface area (Å²) in [6, 6.07) is 38.4. The monoisotopic (exact) mass is 584 g/mol. The lowest BCUT2D eigenvalue weighted by Crippen LogP contribution is -2.28. The average molecular weight is 586 g/mol. The minimum Gasteiger partial charge on any atom is -0.488 e. The van der Waals surface area contributed by atoms with E-state index in [2.05, 4.69) is 124 Å². The molecular formula is C36H29BrN2O. The summed E-state index contributed by atoms with van der Waals surface area (Å²) in [5.74, 6) is 1.82. The number of nitrogens with zero attached hydrogens (tertiary/aromatic N) is 1. The minimum atomic E-state index is 0.284. The zero-order valence-corrected chi connectivity index (χ0v) is 23.6. The number of para-hydroxylation sites is 1. The Hall–Kier alpha value is -4.15. The van der Waals surface area contributed by atoms with E-state index in [0.717, 1.165) is 33.5 Å². The number of allylic oxidation sites excluding steroid dienone is 2.